The first-order chi connectivity index (χ1) is 13.2. The predicted molar refractivity (Wildman–Crippen MR) is 106 cm³/mol. The van der Waals surface area contributed by atoms with E-state index >= 15 is 0 Å². The summed E-state index contributed by atoms with van der Waals surface area (Å²) in [6.07, 6.45) is 3.56. The van der Waals surface area contributed by atoms with E-state index in [2.05, 4.69) is 24.9 Å². The van der Waals surface area contributed by atoms with Gasteiger partial charge in [-0.1, -0.05) is 12.1 Å². The normalized spacial score (nSPS) is 15.3. The summed E-state index contributed by atoms with van der Waals surface area (Å²) in [4.78, 5) is 24.5. The third-order valence-corrected chi connectivity index (χ3v) is 5.22. The summed E-state index contributed by atoms with van der Waals surface area (Å²) in [7, 11) is 3.87. The monoisotopic (exact) mass is 360 g/mol. The predicted octanol–water partition coefficient (Wildman–Crippen LogP) is 2.12. The molecule has 3 aromatic heterocycles. The van der Waals surface area contributed by atoms with E-state index in [1.165, 1.54) is 0 Å². The zero-order valence-electron chi connectivity index (χ0n) is 15.2. The lowest BCUT2D eigenvalue weighted by atomic mass is 10.1. The number of likely N-dealkylation sites (tertiary alicyclic amines) is 1. The van der Waals surface area contributed by atoms with Gasteiger partial charge in [0.25, 0.3) is 5.91 Å². The number of imidazole rings is 1. The fraction of sp³-hybridized carbons (Fsp3) is 0.250. The number of anilines is 1. The van der Waals surface area contributed by atoms with Gasteiger partial charge in [0.1, 0.15) is 5.56 Å². The van der Waals surface area contributed by atoms with E-state index in [4.69, 9.17) is 4.98 Å². The number of para-hydroxylation sites is 2. The lowest BCUT2D eigenvalue weighted by Crippen LogP contribution is -2.57. The number of fused-ring (bicyclic) bond motifs is 5. The van der Waals surface area contributed by atoms with Crippen molar-refractivity contribution in [1.29, 1.82) is 0 Å². The van der Waals surface area contributed by atoms with Crippen LogP contribution in [0.3, 0.4) is 0 Å². The minimum atomic E-state index is -0.108. The summed E-state index contributed by atoms with van der Waals surface area (Å²) in [5.74, 6) is -0.108. The summed E-state index contributed by atoms with van der Waals surface area (Å²) < 4.78 is 2.05. The van der Waals surface area contributed by atoms with Gasteiger partial charge in [-0.05, 0) is 25.2 Å². The number of likely N-dealkylation sites (N-methyl/N-ethyl adjacent to an activating group) is 1. The molecular weight excluding hydrogens is 340 g/mol. The number of carbonyl (C=O) groups is 1. The second kappa shape index (κ2) is 5.92. The summed E-state index contributed by atoms with van der Waals surface area (Å²) in [6.45, 7) is 1.73. The van der Waals surface area contributed by atoms with Crippen LogP contribution >= 0.6 is 0 Å². The van der Waals surface area contributed by atoms with Gasteiger partial charge in [0.05, 0.1) is 28.3 Å². The standard InChI is InChI=1S/C20H20N6O/c1-21-18-13-9-22-8-7-15(13)26-16-6-4-3-5-14(16)24-19(26)17(18)20(27)23-12-10-25(2)11-12/h3-9,12,21H,10-11H2,1-2H3,(H,23,27). The van der Waals surface area contributed by atoms with E-state index in [9.17, 15) is 4.79 Å². The molecule has 1 saturated heterocycles. The molecule has 7 nitrogen and oxygen atoms in total. The average Bonchev–Trinajstić information content (AvgIpc) is 3.04. The average molecular weight is 360 g/mol. The maximum atomic E-state index is 13.2. The fourth-order valence-electron chi connectivity index (χ4n) is 3.98. The van der Waals surface area contributed by atoms with E-state index in [1.54, 1.807) is 12.4 Å². The first-order valence-electron chi connectivity index (χ1n) is 9.01. The summed E-state index contributed by atoms with van der Waals surface area (Å²) in [5, 5.41) is 7.25. The van der Waals surface area contributed by atoms with Crippen LogP contribution in [0.15, 0.2) is 42.7 Å². The van der Waals surface area contributed by atoms with Crippen LogP contribution in [0.2, 0.25) is 0 Å². The van der Waals surface area contributed by atoms with Gasteiger partial charge in [-0.25, -0.2) is 4.98 Å². The maximum absolute atomic E-state index is 13.2. The Labute approximate surface area is 156 Å². The number of rotatable bonds is 3. The zero-order chi connectivity index (χ0) is 18.5. The van der Waals surface area contributed by atoms with Crippen LogP contribution < -0.4 is 10.6 Å². The van der Waals surface area contributed by atoms with Crippen molar-refractivity contribution in [1.82, 2.24) is 24.6 Å². The van der Waals surface area contributed by atoms with E-state index in [0.717, 1.165) is 40.7 Å². The van der Waals surface area contributed by atoms with Gasteiger partial charge in [-0.15, -0.1) is 0 Å². The summed E-state index contributed by atoms with van der Waals surface area (Å²) >= 11 is 0. The highest BCUT2D eigenvalue weighted by molar-refractivity contribution is 6.14. The largest absolute Gasteiger partial charge is 0.387 e. The number of hydrogen-bond acceptors (Lipinski definition) is 5. The molecule has 0 radical (unpaired) electrons. The molecule has 0 spiro atoms. The molecule has 1 aliphatic rings. The Morgan fingerprint density at radius 3 is 2.78 bits per heavy atom. The third-order valence-electron chi connectivity index (χ3n) is 5.22. The van der Waals surface area contributed by atoms with Crippen molar-refractivity contribution in [2.45, 2.75) is 6.04 Å². The molecule has 4 aromatic rings. The van der Waals surface area contributed by atoms with E-state index in [-0.39, 0.29) is 11.9 Å². The molecule has 0 atom stereocenters. The highest BCUT2D eigenvalue weighted by Gasteiger charge is 2.28. The first-order valence-corrected chi connectivity index (χ1v) is 9.01. The molecule has 1 aromatic carbocycles. The van der Waals surface area contributed by atoms with Crippen molar-refractivity contribution >= 4 is 39.2 Å². The number of carbonyl (C=O) groups excluding carboxylic acids is 1. The first kappa shape index (κ1) is 16.0. The molecule has 27 heavy (non-hydrogen) atoms. The smallest absolute Gasteiger partial charge is 0.257 e. The SMILES string of the molecule is CNc1c(C(=O)NC2CN(C)C2)c2nc3ccccc3n2c2ccncc12. The number of hydrogen-bond donors (Lipinski definition) is 2. The molecule has 0 aliphatic carbocycles. The summed E-state index contributed by atoms with van der Waals surface area (Å²) in [5.41, 5.74) is 4.78. The quantitative estimate of drug-likeness (QED) is 0.585. The van der Waals surface area contributed by atoms with Crippen LogP contribution in [0.25, 0.3) is 27.6 Å². The van der Waals surface area contributed by atoms with E-state index in [1.807, 2.05) is 44.4 Å². The number of pyridine rings is 2. The van der Waals surface area contributed by atoms with Gasteiger partial charge in [0, 0.05) is 37.9 Å². The number of benzene rings is 1. The van der Waals surface area contributed by atoms with Crippen LogP contribution in [0.1, 0.15) is 10.4 Å². The van der Waals surface area contributed by atoms with Crippen LogP contribution in [0.4, 0.5) is 5.69 Å². The molecule has 1 fully saturated rings. The van der Waals surface area contributed by atoms with Crippen molar-refractivity contribution in [3.05, 3.63) is 48.3 Å². The second-order valence-electron chi connectivity index (χ2n) is 7.04. The van der Waals surface area contributed by atoms with Gasteiger partial charge < -0.3 is 15.5 Å². The molecule has 7 heteroatoms. The van der Waals surface area contributed by atoms with Crippen molar-refractivity contribution in [2.75, 3.05) is 32.5 Å². The number of amides is 1. The van der Waals surface area contributed by atoms with Crippen LogP contribution in [-0.4, -0.2) is 58.4 Å². The molecule has 0 bridgehead atoms. The van der Waals surface area contributed by atoms with Gasteiger partial charge in [0.2, 0.25) is 0 Å². The minimum absolute atomic E-state index is 0.108. The van der Waals surface area contributed by atoms with Crippen LogP contribution in [0.5, 0.6) is 0 Å². The lowest BCUT2D eigenvalue weighted by molar-refractivity contribution is 0.0860. The Balaban J connectivity index is 1.82. The molecule has 5 rings (SSSR count). The highest BCUT2D eigenvalue weighted by Crippen LogP contribution is 2.33. The number of nitrogens with one attached hydrogen (secondary N) is 2. The van der Waals surface area contributed by atoms with E-state index in [0.29, 0.717) is 11.2 Å². The third kappa shape index (κ3) is 2.35. The Morgan fingerprint density at radius 2 is 2.00 bits per heavy atom. The van der Waals surface area contributed by atoms with Gasteiger partial charge in [-0.2, -0.15) is 0 Å². The van der Waals surface area contributed by atoms with Crippen molar-refractivity contribution < 1.29 is 4.79 Å². The van der Waals surface area contributed by atoms with Gasteiger partial charge in [0.15, 0.2) is 5.65 Å². The second-order valence-corrected chi connectivity index (χ2v) is 7.04. The Kier molecular flexibility index (Phi) is 3.51. The zero-order valence-corrected chi connectivity index (χ0v) is 15.2. The van der Waals surface area contributed by atoms with E-state index < -0.39 is 0 Å². The van der Waals surface area contributed by atoms with Crippen molar-refractivity contribution in [3.8, 4) is 0 Å². The maximum Gasteiger partial charge on any atom is 0.257 e. The Bertz CT molecular complexity index is 1190. The molecule has 2 N–H and O–H groups in total. The summed E-state index contributed by atoms with van der Waals surface area (Å²) in [6, 6.07) is 10.1. The minimum Gasteiger partial charge on any atom is -0.387 e. The lowest BCUT2D eigenvalue weighted by Gasteiger charge is -2.36. The fourth-order valence-corrected chi connectivity index (χ4v) is 3.98. The number of nitrogens with zero attached hydrogens (tertiary/aromatic N) is 4. The molecule has 0 unspecified atom stereocenters. The molecule has 136 valence electrons. The molecule has 4 heterocycles. The highest BCUT2D eigenvalue weighted by atomic mass is 16.1. The van der Waals surface area contributed by atoms with Gasteiger partial charge >= 0.3 is 0 Å². The molecule has 1 amide bonds. The van der Waals surface area contributed by atoms with Gasteiger partial charge in [-0.3, -0.25) is 14.2 Å². The van der Waals surface area contributed by atoms with Crippen molar-refractivity contribution in [2.24, 2.45) is 0 Å². The topological polar surface area (TPSA) is 74.6 Å². The number of aromatic nitrogens is 3. The Morgan fingerprint density at radius 1 is 1.19 bits per heavy atom. The molecule has 1 aliphatic heterocycles. The van der Waals surface area contributed by atoms with Crippen LogP contribution in [0, 0.1) is 0 Å². The Hall–Kier alpha value is -3.19. The molecular formula is C20H20N6O. The van der Waals surface area contributed by atoms with Crippen LogP contribution in [-0.2, 0) is 0 Å². The van der Waals surface area contributed by atoms with Crippen molar-refractivity contribution in [3.63, 3.8) is 0 Å². The molecule has 0 saturated carbocycles.